The Hall–Kier alpha value is -0.775. The lowest BCUT2D eigenvalue weighted by Gasteiger charge is -2.14. The molecule has 1 aliphatic rings. The molecule has 5 heteroatoms. The van der Waals surface area contributed by atoms with E-state index < -0.39 is 13.0 Å². The van der Waals surface area contributed by atoms with Gasteiger partial charge in [0.2, 0.25) is 0 Å². The Bertz CT molecular complexity index is 270. The maximum Gasteiger partial charge on any atom is 0.489 e. The molecule has 0 radical (unpaired) electrons. The number of allylic oxidation sites excluding steroid dienone is 4. The van der Waals surface area contributed by atoms with Crippen molar-refractivity contribution in [1.82, 2.24) is 0 Å². The van der Waals surface area contributed by atoms with E-state index in [0.717, 1.165) is 0 Å². The first-order valence-electron chi connectivity index (χ1n) is 3.41. The topological polar surface area (TPSA) is 57.5 Å². The molecule has 0 amide bonds. The lowest BCUT2D eigenvalue weighted by atomic mass is 9.72. The summed E-state index contributed by atoms with van der Waals surface area (Å²) in [6.45, 7) is 0. The number of thiocarbonyl (C=S) groups is 1. The SMILES string of the molecule is O=CC1C=CC=C(B(O)O)C1=S. The molecule has 0 aromatic rings. The molecule has 0 aromatic heterocycles. The van der Waals surface area contributed by atoms with Crippen molar-refractivity contribution in [3.63, 3.8) is 0 Å². The van der Waals surface area contributed by atoms with Gasteiger partial charge in [0, 0.05) is 4.86 Å². The molecule has 62 valence electrons. The Kier molecular flexibility index (Phi) is 2.91. The Labute approximate surface area is 75.5 Å². The molecule has 3 nitrogen and oxygen atoms in total. The van der Waals surface area contributed by atoms with Crippen LogP contribution < -0.4 is 0 Å². The monoisotopic (exact) mass is 182 g/mol. The summed E-state index contributed by atoms with van der Waals surface area (Å²) in [4.78, 5) is 10.7. The summed E-state index contributed by atoms with van der Waals surface area (Å²) in [5, 5.41) is 17.6. The number of hydrogen-bond donors (Lipinski definition) is 2. The summed E-state index contributed by atoms with van der Waals surface area (Å²) in [5.74, 6) is -0.498. The van der Waals surface area contributed by atoms with Gasteiger partial charge in [0.05, 0.1) is 5.92 Å². The van der Waals surface area contributed by atoms with Crippen LogP contribution in [0.5, 0.6) is 0 Å². The maximum atomic E-state index is 10.4. The molecular weight excluding hydrogens is 175 g/mol. The fourth-order valence-corrected chi connectivity index (χ4v) is 1.27. The van der Waals surface area contributed by atoms with E-state index >= 15 is 0 Å². The molecular formula is C7H7BO3S. The zero-order valence-electron chi connectivity index (χ0n) is 6.18. The Balaban J connectivity index is 2.90. The van der Waals surface area contributed by atoms with E-state index in [9.17, 15) is 4.79 Å². The highest BCUT2D eigenvalue weighted by atomic mass is 32.1. The molecule has 1 aliphatic carbocycles. The van der Waals surface area contributed by atoms with Gasteiger partial charge in [-0.1, -0.05) is 30.4 Å². The second-order valence-electron chi connectivity index (χ2n) is 2.41. The van der Waals surface area contributed by atoms with Gasteiger partial charge in [-0.05, 0) is 5.47 Å². The van der Waals surface area contributed by atoms with E-state index in [0.29, 0.717) is 6.29 Å². The fraction of sp³-hybridized carbons (Fsp3) is 0.143. The third-order valence-corrected chi connectivity index (χ3v) is 2.11. The first-order valence-corrected chi connectivity index (χ1v) is 3.81. The van der Waals surface area contributed by atoms with Crippen LogP contribution in [0.3, 0.4) is 0 Å². The van der Waals surface area contributed by atoms with E-state index in [1.54, 1.807) is 12.2 Å². The van der Waals surface area contributed by atoms with E-state index in [1.165, 1.54) is 6.08 Å². The van der Waals surface area contributed by atoms with E-state index in [4.69, 9.17) is 22.3 Å². The molecule has 0 saturated heterocycles. The van der Waals surface area contributed by atoms with Gasteiger partial charge in [0.1, 0.15) is 6.29 Å². The summed E-state index contributed by atoms with van der Waals surface area (Å²) in [6, 6.07) is 0. The predicted octanol–water partition coefficient (Wildman–Crippen LogP) is -0.320. The zero-order valence-corrected chi connectivity index (χ0v) is 6.99. The lowest BCUT2D eigenvalue weighted by molar-refractivity contribution is -0.108. The van der Waals surface area contributed by atoms with Crippen molar-refractivity contribution in [2.45, 2.75) is 0 Å². The molecule has 1 rings (SSSR count). The van der Waals surface area contributed by atoms with Crippen LogP contribution in [0.15, 0.2) is 23.7 Å². The number of aldehydes is 1. The van der Waals surface area contributed by atoms with Crippen molar-refractivity contribution in [3.8, 4) is 0 Å². The van der Waals surface area contributed by atoms with Gasteiger partial charge in [-0.15, -0.1) is 0 Å². The fourth-order valence-electron chi connectivity index (χ4n) is 0.961. The third-order valence-electron chi connectivity index (χ3n) is 1.61. The maximum absolute atomic E-state index is 10.4. The first-order chi connectivity index (χ1) is 5.66. The molecule has 0 saturated carbocycles. The van der Waals surface area contributed by atoms with Crippen LogP contribution in [-0.2, 0) is 4.79 Å². The summed E-state index contributed by atoms with van der Waals surface area (Å²) in [5.41, 5.74) is 0.226. The second kappa shape index (κ2) is 3.75. The van der Waals surface area contributed by atoms with Gasteiger partial charge in [0.25, 0.3) is 0 Å². The summed E-state index contributed by atoms with van der Waals surface area (Å²) in [6.07, 6.45) is 5.37. The molecule has 0 heterocycles. The molecule has 2 N–H and O–H groups in total. The van der Waals surface area contributed by atoms with Crippen molar-refractivity contribution < 1.29 is 14.8 Å². The van der Waals surface area contributed by atoms with Crippen LogP contribution in [0.4, 0.5) is 0 Å². The molecule has 0 spiro atoms. The van der Waals surface area contributed by atoms with E-state index in [-0.39, 0.29) is 10.3 Å². The van der Waals surface area contributed by atoms with Crippen LogP contribution in [0.1, 0.15) is 0 Å². The van der Waals surface area contributed by atoms with Gasteiger partial charge in [-0.3, -0.25) is 0 Å². The van der Waals surface area contributed by atoms with Crippen molar-refractivity contribution in [3.05, 3.63) is 23.7 Å². The standard InChI is InChI=1S/C7H7BO3S/c9-4-5-2-1-3-6(7(5)12)8(10)11/h1-5,10-11H. The molecule has 0 aromatic carbocycles. The van der Waals surface area contributed by atoms with Crippen LogP contribution in [0, 0.1) is 5.92 Å². The molecule has 12 heavy (non-hydrogen) atoms. The van der Waals surface area contributed by atoms with Gasteiger partial charge in [0.15, 0.2) is 0 Å². The smallest absolute Gasteiger partial charge is 0.423 e. The summed E-state index contributed by atoms with van der Waals surface area (Å²) < 4.78 is 0. The minimum Gasteiger partial charge on any atom is -0.423 e. The van der Waals surface area contributed by atoms with Crippen molar-refractivity contribution in [2.24, 2.45) is 5.92 Å². The first kappa shape index (κ1) is 9.31. The molecule has 0 aliphatic heterocycles. The quantitative estimate of drug-likeness (QED) is 0.349. The predicted molar refractivity (Wildman–Crippen MR) is 49.6 cm³/mol. The second-order valence-corrected chi connectivity index (χ2v) is 2.85. The average molecular weight is 182 g/mol. The zero-order chi connectivity index (χ0) is 9.14. The molecule has 0 bridgehead atoms. The highest BCUT2D eigenvalue weighted by Gasteiger charge is 2.25. The average Bonchev–Trinajstić information content (AvgIpc) is 2.04. The third kappa shape index (κ3) is 1.69. The molecule has 0 fully saturated rings. The van der Waals surface area contributed by atoms with E-state index in [2.05, 4.69) is 0 Å². The van der Waals surface area contributed by atoms with Crippen molar-refractivity contribution >= 4 is 30.5 Å². The number of hydrogen-bond acceptors (Lipinski definition) is 4. The minimum absolute atomic E-state index is 0.226. The van der Waals surface area contributed by atoms with Gasteiger partial charge >= 0.3 is 7.12 Å². The normalized spacial score (nSPS) is 22.0. The van der Waals surface area contributed by atoms with Gasteiger partial charge in [-0.25, -0.2) is 0 Å². The van der Waals surface area contributed by atoms with Crippen LogP contribution >= 0.6 is 12.2 Å². The van der Waals surface area contributed by atoms with Crippen LogP contribution in [0.2, 0.25) is 0 Å². The highest BCUT2D eigenvalue weighted by molar-refractivity contribution is 7.81. The van der Waals surface area contributed by atoms with Crippen LogP contribution in [-0.4, -0.2) is 28.3 Å². The van der Waals surface area contributed by atoms with Gasteiger partial charge < -0.3 is 14.8 Å². The number of carbonyl (C=O) groups excluding carboxylic acids is 1. The number of carbonyl (C=O) groups is 1. The summed E-state index contributed by atoms with van der Waals surface area (Å²) in [7, 11) is -1.59. The molecule has 1 atom stereocenters. The van der Waals surface area contributed by atoms with E-state index in [1.807, 2.05) is 0 Å². The van der Waals surface area contributed by atoms with Crippen LogP contribution in [0.25, 0.3) is 0 Å². The minimum atomic E-state index is -1.59. The highest BCUT2D eigenvalue weighted by Crippen LogP contribution is 2.15. The summed E-state index contributed by atoms with van der Waals surface area (Å²) >= 11 is 4.85. The Morgan fingerprint density at radius 2 is 2.25 bits per heavy atom. The lowest BCUT2D eigenvalue weighted by Crippen LogP contribution is -2.27. The van der Waals surface area contributed by atoms with Crippen molar-refractivity contribution in [2.75, 3.05) is 0 Å². The van der Waals surface area contributed by atoms with Crippen molar-refractivity contribution in [1.29, 1.82) is 0 Å². The van der Waals surface area contributed by atoms with Gasteiger partial charge in [-0.2, -0.15) is 0 Å². The largest absolute Gasteiger partial charge is 0.489 e. The Morgan fingerprint density at radius 3 is 2.75 bits per heavy atom. The Morgan fingerprint density at radius 1 is 1.58 bits per heavy atom. The molecule has 1 unspecified atom stereocenters. The number of rotatable bonds is 2.